The SMILES string of the molecule is CC1=C(C)P(Cl)OC1. The zero-order valence-corrected chi connectivity index (χ0v) is 6.59. The second-order valence-electron chi connectivity index (χ2n) is 1.88. The smallest absolute Gasteiger partial charge is 0.153 e. The number of hydrogen-bond donors (Lipinski definition) is 0. The van der Waals surface area contributed by atoms with Gasteiger partial charge in [-0.05, 0) is 24.7 Å². The summed E-state index contributed by atoms with van der Waals surface area (Å²) in [6, 6.07) is 0. The van der Waals surface area contributed by atoms with Gasteiger partial charge in [0.2, 0.25) is 0 Å². The Morgan fingerprint density at radius 3 is 2.38 bits per heavy atom. The zero-order chi connectivity index (χ0) is 6.15. The van der Waals surface area contributed by atoms with E-state index >= 15 is 0 Å². The molecule has 1 aliphatic rings. The first kappa shape index (κ1) is 6.54. The van der Waals surface area contributed by atoms with Gasteiger partial charge in [0.05, 0.1) is 6.61 Å². The molecule has 0 fully saturated rings. The van der Waals surface area contributed by atoms with Crippen LogP contribution in [0.2, 0.25) is 0 Å². The minimum Gasteiger partial charge on any atom is -0.336 e. The fraction of sp³-hybridized carbons (Fsp3) is 0.600. The summed E-state index contributed by atoms with van der Waals surface area (Å²) in [7, 11) is -0.714. The van der Waals surface area contributed by atoms with Crippen molar-refractivity contribution in [2.45, 2.75) is 13.8 Å². The summed E-state index contributed by atoms with van der Waals surface area (Å²) in [5, 5.41) is 1.24. The predicted molar refractivity (Wildman–Crippen MR) is 37.1 cm³/mol. The van der Waals surface area contributed by atoms with Gasteiger partial charge in [-0.3, -0.25) is 0 Å². The fourth-order valence-corrected chi connectivity index (χ4v) is 1.95. The number of allylic oxidation sites excluding steroid dienone is 1. The Kier molecular flexibility index (Phi) is 1.92. The summed E-state index contributed by atoms with van der Waals surface area (Å²) < 4.78 is 5.13. The minimum atomic E-state index is -0.714. The summed E-state index contributed by atoms with van der Waals surface area (Å²) in [5.74, 6) is 0. The second-order valence-corrected chi connectivity index (χ2v) is 4.22. The van der Waals surface area contributed by atoms with Crippen LogP contribution in [0.4, 0.5) is 0 Å². The van der Waals surface area contributed by atoms with E-state index in [0.717, 1.165) is 6.61 Å². The van der Waals surface area contributed by atoms with Crippen LogP contribution in [0.1, 0.15) is 13.8 Å². The minimum absolute atomic E-state index is 0.714. The summed E-state index contributed by atoms with van der Waals surface area (Å²) in [5.41, 5.74) is 1.30. The summed E-state index contributed by atoms with van der Waals surface area (Å²) in [6.45, 7) is 4.82. The van der Waals surface area contributed by atoms with Crippen LogP contribution in [-0.4, -0.2) is 6.61 Å². The summed E-state index contributed by atoms with van der Waals surface area (Å²) in [6.07, 6.45) is 0. The Bertz CT molecular complexity index is 132. The van der Waals surface area contributed by atoms with Crippen LogP contribution in [0.25, 0.3) is 0 Å². The molecule has 46 valence electrons. The van der Waals surface area contributed by atoms with E-state index in [-0.39, 0.29) is 0 Å². The standard InChI is InChI=1S/C5H8ClOP/c1-4-3-7-8(6)5(4)2/h3H2,1-2H3. The van der Waals surface area contributed by atoms with Gasteiger partial charge in [0.25, 0.3) is 0 Å². The van der Waals surface area contributed by atoms with E-state index in [2.05, 4.69) is 6.92 Å². The molecule has 1 unspecified atom stereocenters. The molecule has 1 atom stereocenters. The lowest BCUT2D eigenvalue weighted by Gasteiger charge is -1.96. The monoisotopic (exact) mass is 150 g/mol. The Hall–Kier alpha value is 0.420. The molecule has 0 aromatic rings. The molecule has 0 spiro atoms. The number of halogens is 1. The van der Waals surface area contributed by atoms with Gasteiger partial charge >= 0.3 is 0 Å². The van der Waals surface area contributed by atoms with Crippen LogP contribution >= 0.6 is 18.7 Å². The van der Waals surface area contributed by atoms with Crippen LogP contribution in [0, 0.1) is 0 Å². The van der Waals surface area contributed by atoms with E-state index in [0.29, 0.717) is 0 Å². The topological polar surface area (TPSA) is 9.23 Å². The van der Waals surface area contributed by atoms with Gasteiger partial charge in [-0.25, -0.2) is 0 Å². The van der Waals surface area contributed by atoms with Crippen molar-refractivity contribution in [3.05, 3.63) is 10.9 Å². The van der Waals surface area contributed by atoms with Crippen LogP contribution < -0.4 is 0 Å². The largest absolute Gasteiger partial charge is 0.336 e. The molecule has 0 saturated heterocycles. The molecule has 0 bridgehead atoms. The van der Waals surface area contributed by atoms with Gasteiger partial charge in [-0.15, -0.1) is 0 Å². The Morgan fingerprint density at radius 2 is 2.25 bits per heavy atom. The highest BCUT2D eigenvalue weighted by atomic mass is 35.7. The Balaban J connectivity index is 2.71. The fourth-order valence-electron chi connectivity index (χ4n) is 0.505. The van der Waals surface area contributed by atoms with E-state index in [9.17, 15) is 0 Å². The average Bonchev–Trinajstić information content (AvgIpc) is 1.98. The highest BCUT2D eigenvalue weighted by Crippen LogP contribution is 2.55. The molecule has 0 amide bonds. The Morgan fingerprint density at radius 1 is 1.62 bits per heavy atom. The quantitative estimate of drug-likeness (QED) is 0.483. The molecule has 0 aromatic heterocycles. The van der Waals surface area contributed by atoms with E-state index in [1.807, 2.05) is 6.92 Å². The maximum absolute atomic E-state index is 5.74. The Labute approximate surface area is 55.3 Å². The molecule has 0 N–H and O–H groups in total. The van der Waals surface area contributed by atoms with Crippen molar-refractivity contribution in [1.29, 1.82) is 0 Å². The zero-order valence-electron chi connectivity index (χ0n) is 4.94. The lowest BCUT2D eigenvalue weighted by molar-refractivity contribution is 0.416. The van der Waals surface area contributed by atoms with Crippen LogP contribution in [0.3, 0.4) is 0 Å². The number of rotatable bonds is 0. The molecule has 1 aliphatic heterocycles. The molecule has 1 heterocycles. The van der Waals surface area contributed by atoms with Crippen molar-refractivity contribution in [1.82, 2.24) is 0 Å². The van der Waals surface area contributed by atoms with Gasteiger partial charge in [0.1, 0.15) is 0 Å². The first-order valence-electron chi connectivity index (χ1n) is 2.47. The van der Waals surface area contributed by atoms with E-state index in [1.54, 1.807) is 0 Å². The summed E-state index contributed by atoms with van der Waals surface area (Å²) >= 11 is 5.74. The normalized spacial score (nSPS) is 29.6. The molecule has 0 aromatic carbocycles. The van der Waals surface area contributed by atoms with Crippen molar-refractivity contribution in [3.63, 3.8) is 0 Å². The lowest BCUT2D eigenvalue weighted by Crippen LogP contribution is -1.77. The molecule has 0 saturated carbocycles. The van der Waals surface area contributed by atoms with E-state index < -0.39 is 7.50 Å². The number of hydrogen-bond acceptors (Lipinski definition) is 1. The molecular weight excluding hydrogens is 142 g/mol. The first-order chi connectivity index (χ1) is 3.72. The van der Waals surface area contributed by atoms with Crippen LogP contribution in [0.15, 0.2) is 10.9 Å². The maximum atomic E-state index is 5.74. The third-order valence-corrected chi connectivity index (χ3v) is 3.59. The molecule has 1 nitrogen and oxygen atoms in total. The van der Waals surface area contributed by atoms with Gasteiger partial charge in [-0.1, -0.05) is 11.2 Å². The highest BCUT2D eigenvalue weighted by Gasteiger charge is 2.17. The third kappa shape index (κ3) is 1.05. The average molecular weight is 151 g/mol. The van der Waals surface area contributed by atoms with E-state index in [1.165, 1.54) is 10.9 Å². The van der Waals surface area contributed by atoms with Crippen molar-refractivity contribution in [2.24, 2.45) is 0 Å². The van der Waals surface area contributed by atoms with Crippen LogP contribution in [0.5, 0.6) is 0 Å². The van der Waals surface area contributed by atoms with Crippen molar-refractivity contribution in [2.75, 3.05) is 6.61 Å². The maximum Gasteiger partial charge on any atom is 0.153 e. The third-order valence-electron chi connectivity index (χ3n) is 1.28. The molecular formula is C5H8ClOP. The van der Waals surface area contributed by atoms with Crippen LogP contribution in [-0.2, 0) is 4.52 Å². The van der Waals surface area contributed by atoms with E-state index in [4.69, 9.17) is 15.8 Å². The molecule has 0 radical (unpaired) electrons. The first-order valence-corrected chi connectivity index (χ1v) is 4.63. The second kappa shape index (κ2) is 2.34. The van der Waals surface area contributed by atoms with Gasteiger partial charge in [0, 0.05) is 0 Å². The highest BCUT2D eigenvalue weighted by molar-refractivity contribution is 7.83. The molecule has 8 heavy (non-hydrogen) atoms. The van der Waals surface area contributed by atoms with Gasteiger partial charge in [0.15, 0.2) is 7.50 Å². The van der Waals surface area contributed by atoms with Crippen molar-refractivity contribution < 1.29 is 4.52 Å². The molecule has 1 rings (SSSR count). The predicted octanol–water partition coefficient (Wildman–Crippen LogP) is 2.86. The summed E-state index contributed by atoms with van der Waals surface area (Å²) in [4.78, 5) is 0. The van der Waals surface area contributed by atoms with Crippen molar-refractivity contribution >= 4 is 18.7 Å². The van der Waals surface area contributed by atoms with Gasteiger partial charge < -0.3 is 4.52 Å². The molecule has 3 heteroatoms. The molecule has 0 aliphatic carbocycles. The van der Waals surface area contributed by atoms with Crippen molar-refractivity contribution in [3.8, 4) is 0 Å². The lowest BCUT2D eigenvalue weighted by atomic mass is 10.3. The van der Waals surface area contributed by atoms with Gasteiger partial charge in [-0.2, -0.15) is 0 Å².